The van der Waals surface area contributed by atoms with Crippen molar-refractivity contribution in [3.8, 4) is 0 Å². The van der Waals surface area contributed by atoms with Gasteiger partial charge in [-0.25, -0.2) is 0 Å². The molecule has 0 spiro atoms. The first-order valence-corrected chi connectivity index (χ1v) is 6.99. The van der Waals surface area contributed by atoms with Gasteiger partial charge in [0.15, 0.2) is 0 Å². The minimum Gasteiger partial charge on any atom is -0.465 e. The summed E-state index contributed by atoms with van der Waals surface area (Å²) in [6, 6.07) is 0. The molecule has 2 amide bonds. The molecule has 0 bridgehead atoms. The lowest BCUT2D eigenvalue weighted by atomic mass is 9.79. The molecule has 1 heterocycles. The molecule has 0 aromatic heterocycles. The number of esters is 1. The number of hydrogen-bond donors (Lipinski definition) is 1. The highest BCUT2D eigenvalue weighted by molar-refractivity contribution is 5.98. The van der Waals surface area contributed by atoms with Gasteiger partial charge in [0.2, 0.25) is 11.8 Å². The number of carbonyl (C=O) groups is 3. The van der Waals surface area contributed by atoms with Gasteiger partial charge in [0.05, 0.1) is 6.61 Å². The smallest absolute Gasteiger partial charge is 0.319 e. The molecule has 1 aliphatic heterocycles. The van der Waals surface area contributed by atoms with Gasteiger partial charge in [-0.3, -0.25) is 14.4 Å². The standard InChI is InChI=1S/C14H24N2O4/c1-5-20-13(19)11(14(2,3)4)12(18)16-8-6-10(17)15-7-9-16/h11H,5-9H2,1-4H3,(H,15,17). The van der Waals surface area contributed by atoms with Crippen LogP contribution in [0.3, 0.4) is 0 Å². The Hall–Kier alpha value is -1.59. The molecule has 6 nitrogen and oxygen atoms in total. The number of amides is 2. The fourth-order valence-electron chi connectivity index (χ4n) is 2.22. The van der Waals surface area contributed by atoms with E-state index in [-0.39, 0.29) is 24.8 Å². The summed E-state index contributed by atoms with van der Waals surface area (Å²) in [5, 5.41) is 2.71. The number of hydrogen-bond acceptors (Lipinski definition) is 4. The van der Waals surface area contributed by atoms with Crippen molar-refractivity contribution in [1.29, 1.82) is 0 Å². The Morgan fingerprint density at radius 3 is 2.55 bits per heavy atom. The summed E-state index contributed by atoms with van der Waals surface area (Å²) in [4.78, 5) is 37.6. The first-order valence-electron chi connectivity index (χ1n) is 6.99. The van der Waals surface area contributed by atoms with Gasteiger partial charge in [0.1, 0.15) is 5.92 Å². The van der Waals surface area contributed by atoms with Crippen LogP contribution in [0.1, 0.15) is 34.1 Å². The van der Waals surface area contributed by atoms with Crippen LogP contribution in [0, 0.1) is 11.3 Å². The number of carbonyl (C=O) groups excluding carboxylic acids is 3. The number of ether oxygens (including phenoxy) is 1. The molecule has 1 fully saturated rings. The SMILES string of the molecule is CCOC(=O)C(C(=O)N1CCNC(=O)CC1)C(C)(C)C. The topological polar surface area (TPSA) is 75.7 Å². The van der Waals surface area contributed by atoms with Gasteiger partial charge >= 0.3 is 5.97 Å². The second-order valence-electron chi connectivity index (χ2n) is 5.98. The summed E-state index contributed by atoms with van der Waals surface area (Å²) in [6.45, 7) is 8.68. The minimum atomic E-state index is -0.837. The van der Waals surface area contributed by atoms with Crippen LogP contribution in [0.4, 0.5) is 0 Å². The molecule has 0 aromatic rings. The molecule has 1 atom stereocenters. The van der Waals surface area contributed by atoms with Crippen LogP contribution in [-0.4, -0.2) is 48.9 Å². The molecule has 114 valence electrons. The second-order valence-corrected chi connectivity index (χ2v) is 5.98. The molecule has 0 radical (unpaired) electrons. The Morgan fingerprint density at radius 1 is 1.35 bits per heavy atom. The largest absolute Gasteiger partial charge is 0.465 e. The summed E-state index contributed by atoms with van der Waals surface area (Å²) in [5.74, 6) is -1.65. The zero-order valence-corrected chi connectivity index (χ0v) is 12.7. The van der Waals surface area contributed by atoms with Gasteiger partial charge in [-0.15, -0.1) is 0 Å². The predicted octanol–water partition coefficient (Wildman–Crippen LogP) is 0.560. The third-order valence-corrected chi connectivity index (χ3v) is 3.26. The van der Waals surface area contributed by atoms with Crippen LogP contribution in [0.25, 0.3) is 0 Å². The fourth-order valence-corrected chi connectivity index (χ4v) is 2.22. The van der Waals surface area contributed by atoms with Gasteiger partial charge in [0.25, 0.3) is 0 Å². The summed E-state index contributed by atoms with van der Waals surface area (Å²) < 4.78 is 5.03. The summed E-state index contributed by atoms with van der Waals surface area (Å²) in [7, 11) is 0. The van der Waals surface area contributed by atoms with E-state index in [1.165, 1.54) is 0 Å². The van der Waals surface area contributed by atoms with E-state index >= 15 is 0 Å². The highest BCUT2D eigenvalue weighted by Crippen LogP contribution is 2.29. The Labute approximate surface area is 119 Å². The summed E-state index contributed by atoms with van der Waals surface area (Å²) >= 11 is 0. The maximum absolute atomic E-state index is 12.6. The highest BCUT2D eigenvalue weighted by Gasteiger charge is 2.41. The van der Waals surface area contributed by atoms with E-state index < -0.39 is 17.3 Å². The van der Waals surface area contributed by atoms with Crippen LogP contribution < -0.4 is 5.32 Å². The molecule has 0 aromatic carbocycles. The number of rotatable bonds is 3. The van der Waals surface area contributed by atoms with Gasteiger partial charge in [0, 0.05) is 26.1 Å². The molecule has 20 heavy (non-hydrogen) atoms. The maximum Gasteiger partial charge on any atom is 0.319 e. The van der Waals surface area contributed by atoms with Crippen LogP contribution >= 0.6 is 0 Å². The normalized spacial score (nSPS) is 18.0. The molecule has 0 saturated carbocycles. The average Bonchev–Trinajstić information content (AvgIpc) is 2.52. The van der Waals surface area contributed by atoms with E-state index in [4.69, 9.17) is 4.74 Å². The van der Waals surface area contributed by atoms with E-state index in [9.17, 15) is 14.4 Å². The van der Waals surface area contributed by atoms with E-state index in [0.29, 0.717) is 19.6 Å². The van der Waals surface area contributed by atoms with Gasteiger partial charge in [-0.1, -0.05) is 20.8 Å². The Morgan fingerprint density at radius 2 is 2.00 bits per heavy atom. The third-order valence-electron chi connectivity index (χ3n) is 3.26. The van der Waals surface area contributed by atoms with Crippen molar-refractivity contribution < 1.29 is 19.1 Å². The fraction of sp³-hybridized carbons (Fsp3) is 0.786. The zero-order chi connectivity index (χ0) is 15.3. The molecule has 1 saturated heterocycles. The maximum atomic E-state index is 12.6. The van der Waals surface area contributed by atoms with Gasteiger partial charge in [-0.05, 0) is 12.3 Å². The van der Waals surface area contributed by atoms with E-state index in [2.05, 4.69) is 5.32 Å². The second kappa shape index (κ2) is 6.72. The predicted molar refractivity (Wildman–Crippen MR) is 73.8 cm³/mol. The first-order chi connectivity index (χ1) is 9.27. The van der Waals surface area contributed by atoms with Gasteiger partial charge < -0.3 is 15.0 Å². The number of nitrogens with one attached hydrogen (secondary N) is 1. The Balaban J connectivity index is 2.87. The van der Waals surface area contributed by atoms with Crippen molar-refractivity contribution in [2.24, 2.45) is 11.3 Å². The van der Waals surface area contributed by atoms with Crippen molar-refractivity contribution >= 4 is 17.8 Å². The summed E-state index contributed by atoms with van der Waals surface area (Å²) in [5.41, 5.74) is -0.521. The van der Waals surface area contributed by atoms with Crippen molar-refractivity contribution in [1.82, 2.24) is 10.2 Å². The van der Waals surface area contributed by atoms with Crippen molar-refractivity contribution in [2.75, 3.05) is 26.2 Å². The lowest BCUT2D eigenvalue weighted by Gasteiger charge is -2.32. The van der Waals surface area contributed by atoms with Crippen LogP contribution in [0.2, 0.25) is 0 Å². The van der Waals surface area contributed by atoms with E-state index in [0.717, 1.165) is 0 Å². The third kappa shape index (κ3) is 4.21. The van der Waals surface area contributed by atoms with Crippen LogP contribution in [0.15, 0.2) is 0 Å². The molecule has 6 heteroatoms. The molecular weight excluding hydrogens is 260 g/mol. The molecule has 1 unspecified atom stereocenters. The molecule has 1 N–H and O–H groups in total. The van der Waals surface area contributed by atoms with Crippen molar-refractivity contribution in [3.05, 3.63) is 0 Å². The van der Waals surface area contributed by atoms with E-state index in [1.54, 1.807) is 11.8 Å². The average molecular weight is 284 g/mol. The molecular formula is C14H24N2O4. The lowest BCUT2D eigenvalue weighted by Crippen LogP contribution is -2.46. The monoisotopic (exact) mass is 284 g/mol. The molecule has 0 aliphatic carbocycles. The molecule has 1 aliphatic rings. The van der Waals surface area contributed by atoms with E-state index in [1.807, 2.05) is 20.8 Å². The summed E-state index contributed by atoms with van der Waals surface area (Å²) in [6.07, 6.45) is 0.269. The quantitative estimate of drug-likeness (QED) is 0.607. The lowest BCUT2D eigenvalue weighted by molar-refractivity contribution is -0.160. The number of nitrogens with zero attached hydrogens (tertiary/aromatic N) is 1. The van der Waals surface area contributed by atoms with Crippen molar-refractivity contribution in [3.63, 3.8) is 0 Å². The highest BCUT2D eigenvalue weighted by atomic mass is 16.5. The van der Waals surface area contributed by atoms with Crippen LogP contribution in [0.5, 0.6) is 0 Å². The first kappa shape index (κ1) is 16.5. The van der Waals surface area contributed by atoms with Crippen LogP contribution in [-0.2, 0) is 19.1 Å². The minimum absolute atomic E-state index is 0.0660. The Kier molecular flexibility index (Phi) is 5.53. The Bertz CT molecular complexity index is 387. The molecule has 1 rings (SSSR count). The zero-order valence-electron chi connectivity index (χ0n) is 12.7. The van der Waals surface area contributed by atoms with Crippen molar-refractivity contribution in [2.45, 2.75) is 34.1 Å². The van der Waals surface area contributed by atoms with Gasteiger partial charge in [-0.2, -0.15) is 0 Å².